The monoisotopic (exact) mass is 182 g/mol. The molecule has 2 nitrogen and oxygen atoms in total. The van der Waals surface area contributed by atoms with E-state index < -0.39 is 0 Å². The molecule has 1 unspecified atom stereocenters. The molecule has 64 valence electrons. The Morgan fingerprint density at radius 1 is 1.42 bits per heavy atom. The van der Waals surface area contributed by atoms with Crippen LogP contribution in [0.4, 0.5) is 0 Å². The first-order valence-corrected chi connectivity index (χ1v) is 4.18. The van der Waals surface area contributed by atoms with Crippen LogP contribution >= 0.6 is 9.47 Å². The molecule has 12 heavy (non-hydrogen) atoms. The van der Waals surface area contributed by atoms with E-state index >= 15 is 0 Å². The van der Waals surface area contributed by atoms with E-state index in [0.717, 1.165) is 5.56 Å². The summed E-state index contributed by atoms with van der Waals surface area (Å²) in [5.74, 6) is -0.421. The minimum Gasteiger partial charge on any atom is -0.451 e. The van der Waals surface area contributed by atoms with Crippen molar-refractivity contribution in [3.63, 3.8) is 0 Å². The van der Waals surface area contributed by atoms with Crippen molar-refractivity contribution in [1.82, 2.24) is 0 Å². The van der Waals surface area contributed by atoms with Crippen molar-refractivity contribution >= 4 is 15.4 Å². The lowest BCUT2D eigenvalue weighted by Gasteiger charge is -2.07. The lowest BCUT2D eigenvalue weighted by Crippen LogP contribution is -2.07. The van der Waals surface area contributed by atoms with Crippen LogP contribution in [-0.2, 0) is 9.32 Å². The summed E-state index contributed by atoms with van der Waals surface area (Å²) in [4.78, 5) is 11.1. The van der Waals surface area contributed by atoms with Crippen LogP contribution < -0.4 is 0 Å². The smallest absolute Gasteiger partial charge is 0.315 e. The Balaban J connectivity index is 2.78. The molecule has 0 radical (unpaired) electrons. The Kier molecular flexibility index (Phi) is 3.24. The van der Waals surface area contributed by atoms with Crippen LogP contribution in [0.25, 0.3) is 0 Å². The summed E-state index contributed by atoms with van der Waals surface area (Å²) in [5.41, 5.74) is 0.977. The fourth-order valence-electron chi connectivity index (χ4n) is 0.980. The Bertz CT molecular complexity index is 258. The summed E-state index contributed by atoms with van der Waals surface area (Å²) < 4.78 is 4.54. The molecule has 0 fully saturated rings. The highest BCUT2D eigenvalue weighted by atomic mass is 31.0. The van der Waals surface area contributed by atoms with E-state index in [1.807, 2.05) is 46.7 Å². The molecule has 0 aliphatic carbocycles. The van der Waals surface area contributed by atoms with Crippen molar-refractivity contribution in [3.05, 3.63) is 35.9 Å². The highest BCUT2D eigenvalue weighted by molar-refractivity contribution is 7.10. The number of carbonyl (C=O) groups excluding carboxylic acids is 1. The Labute approximate surface area is 74.2 Å². The molecule has 1 aromatic carbocycles. The second kappa shape index (κ2) is 4.22. The predicted molar refractivity (Wildman–Crippen MR) is 50.7 cm³/mol. The van der Waals surface area contributed by atoms with Gasteiger partial charge in [0.15, 0.2) is 0 Å². The van der Waals surface area contributed by atoms with Crippen LogP contribution in [0, 0.1) is 0 Å². The van der Waals surface area contributed by atoms with E-state index in [1.54, 1.807) is 0 Å². The molecule has 0 aliphatic heterocycles. The van der Waals surface area contributed by atoms with Gasteiger partial charge in [0.1, 0.15) is 0 Å². The van der Waals surface area contributed by atoms with Gasteiger partial charge in [-0.05, 0) is 12.5 Å². The first-order chi connectivity index (χ1) is 5.75. The molecule has 0 saturated carbocycles. The molecule has 0 N–H and O–H groups in total. The molecular weight excluding hydrogens is 171 g/mol. The zero-order chi connectivity index (χ0) is 8.97. The standard InChI is InChI=1S/C9H11O2P/c1-7(9(10)11-12)8-5-3-2-4-6-8/h2-7H,12H2,1H3/t7-/m0/s1. The molecule has 0 heterocycles. The quantitative estimate of drug-likeness (QED) is 0.655. The normalized spacial score (nSPS) is 12.2. The average molecular weight is 182 g/mol. The number of rotatable bonds is 2. The molecular formula is C9H11O2P. The van der Waals surface area contributed by atoms with Gasteiger partial charge in [-0.2, -0.15) is 0 Å². The van der Waals surface area contributed by atoms with Gasteiger partial charge in [0.05, 0.1) is 15.4 Å². The van der Waals surface area contributed by atoms with Crippen molar-refractivity contribution in [1.29, 1.82) is 0 Å². The van der Waals surface area contributed by atoms with Gasteiger partial charge >= 0.3 is 5.97 Å². The average Bonchev–Trinajstić information content (AvgIpc) is 2.17. The molecule has 1 aromatic rings. The van der Waals surface area contributed by atoms with Crippen molar-refractivity contribution in [2.24, 2.45) is 0 Å². The van der Waals surface area contributed by atoms with Crippen molar-refractivity contribution < 1.29 is 9.32 Å². The number of carbonyl (C=O) groups is 1. The SMILES string of the molecule is C[C@H](C(=O)OP)c1ccccc1. The van der Waals surface area contributed by atoms with Gasteiger partial charge in [-0.15, -0.1) is 0 Å². The minimum absolute atomic E-state index is 0.191. The Hall–Kier alpha value is -0.880. The molecule has 0 aliphatic rings. The summed E-state index contributed by atoms with van der Waals surface area (Å²) in [7, 11) is 1.96. The summed E-state index contributed by atoms with van der Waals surface area (Å²) in [6.45, 7) is 1.82. The van der Waals surface area contributed by atoms with E-state index in [2.05, 4.69) is 4.52 Å². The third-order valence-corrected chi connectivity index (χ3v) is 2.00. The van der Waals surface area contributed by atoms with Gasteiger partial charge in [-0.3, -0.25) is 4.79 Å². The highest BCUT2D eigenvalue weighted by Gasteiger charge is 2.14. The highest BCUT2D eigenvalue weighted by Crippen LogP contribution is 2.16. The van der Waals surface area contributed by atoms with Crippen LogP contribution in [0.2, 0.25) is 0 Å². The fraction of sp³-hybridized carbons (Fsp3) is 0.222. The molecule has 0 amide bonds. The lowest BCUT2D eigenvalue weighted by molar-refractivity contribution is -0.134. The predicted octanol–water partition coefficient (Wildman–Crippen LogP) is 2.12. The maximum atomic E-state index is 11.1. The summed E-state index contributed by atoms with van der Waals surface area (Å²) in [6, 6.07) is 9.55. The third-order valence-electron chi connectivity index (χ3n) is 1.77. The molecule has 1 rings (SSSR count). The van der Waals surface area contributed by atoms with Crippen molar-refractivity contribution in [2.45, 2.75) is 12.8 Å². The molecule has 0 spiro atoms. The van der Waals surface area contributed by atoms with Crippen LogP contribution in [0.3, 0.4) is 0 Å². The van der Waals surface area contributed by atoms with Gasteiger partial charge in [-0.25, -0.2) is 0 Å². The topological polar surface area (TPSA) is 26.3 Å². The largest absolute Gasteiger partial charge is 0.451 e. The van der Waals surface area contributed by atoms with E-state index in [4.69, 9.17) is 0 Å². The number of hydrogen-bond acceptors (Lipinski definition) is 2. The van der Waals surface area contributed by atoms with Crippen molar-refractivity contribution in [3.8, 4) is 0 Å². The number of hydrogen-bond donors (Lipinski definition) is 0. The Morgan fingerprint density at radius 3 is 2.50 bits per heavy atom. The van der Waals surface area contributed by atoms with Gasteiger partial charge in [0, 0.05) is 0 Å². The molecule has 0 bridgehead atoms. The molecule has 2 atom stereocenters. The first-order valence-electron chi connectivity index (χ1n) is 3.71. The van der Waals surface area contributed by atoms with E-state index in [1.165, 1.54) is 0 Å². The van der Waals surface area contributed by atoms with Gasteiger partial charge in [0.25, 0.3) is 0 Å². The van der Waals surface area contributed by atoms with Crippen LogP contribution in [0.5, 0.6) is 0 Å². The van der Waals surface area contributed by atoms with E-state index in [-0.39, 0.29) is 11.9 Å². The van der Waals surface area contributed by atoms with Crippen molar-refractivity contribution in [2.75, 3.05) is 0 Å². The van der Waals surface area contributed by atoms with Gasteiger partial charge in [0.2, 0.25) is 0 Å². The van der Waals surface area contributed by atoms with E-state index in [9.17, 15) is 4.79 Å². The first kappa shape index (κ1) is 9.21. The molecule has 3 heteroatoms. The van der Waals surface area contributed by atoms with E-state index in [0.29, 0.717) is 0 Å². The minimum atomic E-state index is -0.230. The summed E-state index contributed by atoms with van der Waals surface area (Å²) >= 11 is 0. The summed E-state index contributed by atoms with van der Waals surface area (Å²) in [5, 5.41) is 0. The maximum Gasteiger partial charge on any atom is 0.315 e. The molecule has 0 aromatic heterocycles. The van der Waals surface area contributed by atoms with Crippen LogP contribution in [0.15, 0.2) is 30.3 Å². The zero-order valence-electron chi connectivity index (χ0n) is 6.86. The van der Waals surface area contributed by atoms with Crippen LogP contribution in [-0.4, -0.2) is 5.97 Å². The second-order valence-electron chi connectivity index (χ2n) is 2.57. The zero-order valence-corrected chi connectivity index (χ0v) is 8.01. The van der Waals surface area contributed by atoms with Gasteiger partial charge in [-0.1, -0.05) is 30.3 Å². The maximum absolute atomic E-state index is 11.1. The second-order valence-corrected chi connectivity index (χ2v) is 2.80. The molecule has 0 saturated heterocycles. The number of benzene rings is 1. The van der Waals surface area contributed by atoms with Gasteiger partial charge < -0.3 is 4.52 Å². The lowest BCUT2D eigenvalue weighted by atomic mass is 10.0. The third kappa shape index (κ3) is 2.05. The van der Waals surface area contributed by atoms with Crippen LogP contribution in [0.1, 0.15) is 18.4 Å². The Morgan fingerprint density at radius 2 is 2.00 bits per heavy atom. The summed E-state index contributed by atoms with van der Waals surface area (Å²) in [6.07, 6.45) is 0. The fourth-order valence-corrected chi connectivity index (χ4v) is 1.18.